The Kier molecular flexibility index (Phi) is 2.96. The smallest absolute Gasteiger partial charge is 0.0355 e. The number of hydrogen-bond acceptors (Lipinski definition) is 1. The van der Waals surface area contributed by atoms with Gasteiger partial charge in [0.25, 0.3) is 0 Å². The van der Waals surface area contributed by atoms with Crippen LogP contribution in [-0.4, -0.2) is 9.07 Å². The lowest BCUT2D eigenvalue weighted by Gasteiger charge is -2.24. The molecule has 2 heteroatoms. The van der Waals surface area contributed by atoms with Crippen LogP contribution in [0.5, 0.6) is 0 Å². The van der Waals surface area contributed by atoms with E-state index >= 15 is 0 Å². The first-order valence-corrected chi connectivity index (χ1v) is 7.87. The number of rotatable bonds is 2. The van der Waals surface area contributed by atoms with Crippen molar-refractivity contribution in [2.24, 2.45) is 0 Å². The van der Waals surface area contributed by atoms with Crippen molar-refractivity contribution in [1.29, 1.82) is 0 Å². The van der Waals surface area contributed by atoms with Crippen molar-refractivity contribution in [3.8, 4) is 0 Å². The molecule has 3 rings (SSSR count). The van der Waals surface area contributed by atoms with Gasteiger partial charge in [-0.3, -0.25) is 4.21 Å². The van der Waals surface area contributed by atoms with E-state index in [1.165, 1.54) is 11.3 Å². The van der Waals surface area contributed by atoms with Crippen LogP contribution in [0.1, 0.15) is 19.3 Å². The van der Waals surface area contributed by atoms with Gasteiger partial charge in [0.1, 0.15) is 0 Å². The Balaban J connectivity index is 2.28. The quantitative estimate of drug-likeness (QED) is 0.748. The van der Waals surface area contributed by atoms with Gasteiger partial charge in [0.15, 0.2) is 0 Å². The van der Waals surface area contributed by atoms with Gasteiger partial charge in [-0.2, -0.15) is 0 Å². The summed E-state index contributed by atoms with van der Waals surface area (Å²) in [4.78, 5) is 3.11. The molecule has 1 aliphatic rings. The van der Waals surface area contributed by atoms with Gasteiger partial charge >= 0.3 is 0 Å². The Morgan fingerprint density at radius 2 is 1.17 bits per heavy atom. The zero-order valence-corrected chi connectivity index (χ0v) is 11.0. The third kappa shape index (κ3) is 1.77. The molecule has 0 heterocycles. The van der Waals surface area contributed by atoms with E-state index in [0.717, 1.165) is 22.6 Å². The molecule has 2 aromatic carbocycles. The minimum Gasteiger partial charge on any atom is -0.258 e. The SMILES string of the molecule is O=S(=C1CCC1)(c1ccccc1)c1ccccc1. The average molecular weight is 256 g/mol. The summed E-state index contributed by atoms with van der Waals surface area (Å²) < 4.78 is 13.5. The summed E-state index contributed by atoms with van der Waals surface area (Å²) in [6.07, 6.45) is 3.18. The van der Waals surface area contributed by atoms with Crippen molar-refractivity contribution in [2.75, 3.05) is 0 Å². The molecule has 0 unspecified atom stereocenters. The average Bonchev–Trinajstić information content (AvgIpc) is 2.38. The fraction of sp³-hybridized carbons (Fsp3) is 0.188. The maximum atomic E-state index is 13.5. The van der Waals surface area contributed by atoms with Crippen LogP contribution in [0.3, 0.4) is 0 Å². The molecule has 0 spiro atoms. The molecular weight excluding hydrogens is 240 g/mol. The van der Waals surface area contributed by atoms with Gasteiger partial charge in [-0.25, -0.2) is 0 Å². The molecule has 92 valence electrons. The predicted molar refractivity (Wildman–Crippen MR) is 76.4 cm³/mol. The normalized spacial score (nSPS) is 15.2. The molecule has 2 aromatic rings. The van der Waals surface area contributed by atoms with Crippen LogP contribution in [0.15, 0.2) is 70.5 Å². The molecule has 0 radical (unpaired) electrons. The second kappa shape index (κ2) is 4.62. The van der Waals surface area contributed by atoms with Crippen molar-refractivity contribution in [1.82, 2.24) is 0 Å². The van der Waals surface area contributed by atoms with E-state index in [-0.39, 0.29) is 0 Å². The van der Waals surface area contributed by atoms with Crippen LogP contribution in [0.4, 0.5) is 0 Å². The highest BCUT2D eigenvalue weighted by atomic mass is 32.2. The van der Waals surface area contributed by atoms with Crippen molar-refractivity contribution < 1.29 is 4.21 Å². The molecule has 1 fully saturated rings. The molecule has 0 amide bonds. The van der Waals surface area contributed by atoms with E-state index < -0.39 is 9.52 Å². The Morgan fingerprint density at radius 3 is 1.50 bits per heavy atom. The molecular formula is C16H16OS. The van der Waals surface area contributed by atoms with Crippen LogP contribution in [0.25, 0.3) is 0 Å². The second-order valence-corrected chi connectivity index (χ2v) is 7.21. The summed E-state index contributed by atoms with van der Waals surface area (Å²) in [5.41, 5.74) is 0. The third-order valence-electron chi connectivity index (χ3n) is 3.47. The van der Waals surface area contributed by atoms with E-state index in [0.29, 0.717) is 0 Å². The van der Waals surface area contributed by atoms with Crippen molar-refractivity contribution in [3.63, 3.8) is 0 Å². The summed E-state index contributed by atoms with van der Waals surface area (Å²) in [6, 6.07) is 19.8. The molecule has 0 atom stereocenters. The molecule has 0 bridgehead atoms. The van der Waals surface area contributed by atoms with Crippen molar-refractivity contribution >= 4 is 14.4 Å². The van der Waals surface area contributed by atoms with Gasteiger partial charge in [-0.15, -0.1) is 0 Å². The molecule has 1 nitrogen and oxygen atoms in total. The first-order chi connectivity index (χ1) is 8.82. The van der Waals surface area contributed by atoms with Gasteiger partial charge in [0.05, 0.1) is 0 Å². The van der Waals surface area contributed by atoms with E-state index in [2.05, 4.69) is 0 Å². The topological polar surface area (TPSA) is 17.1 Å². The summed E-state index contributed by atoms with van der Waals surface area (Å²) in [6.45, 7) is 0. The Hall–Kier alpha value is -1.54. The van der Waals surface area contributed by atoms with Gasteiger partial charge in [0, 0.05) is 19.3 Å². The van der Waals surface area contributed by atoms with Gasteiger partial charge in [0.2, 0.25) is 0 Å². The standard InChI is InChI=1S/C16H16OS/c17-18(16-12-7-13-16,14-8-3-1-4-9-14)15-10-5-2-6-11-15/h1-6,8-11H,7,12-13H2. The lowest BCUT2D eigenvalue weighted by Crippen LogP contribution is -2.22. The Labute approximate surface area is 108 Å². The van der Waals surface area contributed by atoms with E-state index in [1.54, 1.807) is 0 Å². The molecule has 0 aliphatic heterocycles. The highest BCUT2D eigenvalue weighted by molar-refractivity contribution is 8.02. The Morgan fingerprint density at radius 1 is 0.722 bits per heavy atom. The number of benzene rings is 2. The first kappa shape index (κ1) is 11.5. The molecule has 1 saturated carbocycles. The molecule has 1 aliphatic carbocycles. The second-order valence-electron chi connectivity index (χ2n) is 4.57. The highest BCUT2D eigenvalue weighted by Crippen LogP contribution is 2.29. The van der Waals surface area contributed by atoms with Crippen molar-refractivity contribution in [3.05, 3.63) is 60.7 Å². The molecule has 0 aromatic heterocycles. The van der Waals surface area contributed by atoms with Crippen LogP contribution in [0.2, 0.25) is 0 Å². The van der Waals surface area contributed by atoms with E-state index in [9.17, 15) is 4.21 Å². The predicted octanol–water partition coefficient (Wildman–Crippen LogP) is 3.75. The summed E-state index contributed by atoms with van der Waals surface area (Å²) >= 11 is 0. The third-order valence-corrected chi connectivity index (χ3v) is 6.56. The summed E-state index contributed by atoms with van der Waals surface area (Å²) in [7, 11) is -2.17. The summed E-state index contributed by atoms with van der Waals surface area (Å²) in [5.74, 6) is 0. The van der Waals surface area contributed by atoms with Gasteiger partial charge in [-0.1, -0.05) is 36.4 Å². The van der Waals surface area contributed by atoms with Crippen molar-refractivity contribution in [2.45, 2.75) is 29.1 Å². The van der Waals surface area contributed by atoms with Crippen LogP contribution in [0, 0.1) is 0 Å². The minimum atomic E-state index is -2.17. The van der Waals surface area contributed by atoms with E-state index in [4.69, 9.17) is 0 Å². The van der Waals surface area contributed by atoms with Crippen LogP contribution in [-0.2, 0) is 9.52 Å². The van der Waals surface area contributed by atoms with E-state index in [1.807, 2.05) is 60.7 Å². The lowest BCUT2D eigenvalue weighted by molar-refractivity contribution is 0.677. The van der Waals surface area contributed by atoms with Gasteiger partial charge < -0.3 is 0 Å². The fourth-order valence-corrected chi connectivity index (χ4v) is 5.19. The minimum absolute atomic E-state index is 0.950. The zero-order valence-electron chi connectivity index (χ0n) is 10.2. The maximum absolute atomic E-state index is 13.5. The fourth-order valence-electron chi connectivity index (χ4n) is 2.30. The first-order valence-electron chi connectivity index (χ1n) is 6.31. The monoisotopic (exact) mass is 256 g/mol. The lowest BCUT2D eigenvalue weighted by atomic mass is 10.0. The maximum Gasteiger partial charge on any atom is 0.0355 e. The number of hydrogen-bond donors (Lipinski definition) is 0. The Bertz CT molecular complexity index is 599. The zero-order chi connectivity index (χ0) is 12.4. The molecule has 0 saturated heterocycles. The molecule has 0 N–H and O–H groups in total. The largest absolute Gasteiger partial charge is 0.258 e. The highest BCUT2D eigenvalue weighted by Gasteiger charge is 2.24. The van der Waals surface area contributed by atoms with Crippen LogP contribution >= 0.6 is 0 Å². The molecule has 18 heavy (non-hydrogen) atoms. The van der Waals surface area contributed by atoms with Gasteiger partial charge in [-0.05, 0) is 48.4 Å². The van der Waals surface area contributed by atoms with Crippen LogP contribution < -0.4 is 0 Å². The summed E-state index contributed by atoms with van der Waals surface area (Å²) in [5, 5.41) is 0.